The van der Waals surface area contributed by atoms with E-state index in [0.29, 0.717) is 11.3 Å². The smallest absolute Gasteiger partial charge is 0.244 e. The lowest BCUT2D eigenvalue weighted by Gasteiger charge is -2.13. The average molecular weight is 373 g/mol. The van der Waals surface area contributed by atoms with Gasteiger partial charge in [0.25, 0.3) is 0 Å². The Hall–Kier alpha value is -2.89. The van der Waals surface area contributed by atoms with Crippen LogP contribution in [0.2, 0.25) is 0 Å². The van der Waals surface area contributed by atoms with Crippen LogP contribution in [0.25, 0.3) is 0 Å². The minimum Gasteiger partial charge on any atom is -0.495 e. The number of amides is 1. The van der Waals surface area contributed by atoms with Crippen molar-refractivity contribution >= 4 is 21.6 Å². The standard InChI is InChI=1S/C18H19N3O4S/c1-12-7-16(25-3)17(8-13(12)2)26(23,24)20-11-18(22)21-15-6-4-5-14(9-15)10-19/h4-9,20H,11H2,1-3H3,(H,21,22). The number of aryl methyl sites for hydroxylation is 2. The predicted octanol–water partition coefficient (Wildman–Crippen LogP) is 2.10. The first-order valence-electron chi connectivity index (χ1n) is 7.71. The monoisotopic (exact) mass is 373 g/mol. The lowest BCUT2D eigenvalue weighted by atomic mass is 10.1. The second kappa shape index (κ2) is 7.99. The summed E-state index contributed by atoms with van der Waals surface area (Å²) in [6.45, 7) is 3.20. The third-order valence-electron chi connectivity index (χ3n) is 3.77. The van der Waals surface area contributed by atoms with Crippen LogP contribution < -0.4 is 14.8 Å². The molecule has 0 radical (unpaired) electrons. The van der Waals surface area contributed by atoms with E-state index in [-0.39, 0.29) is 10.6 Å². The first-order valence-corrected chi connectivity index (χ1v) is 9.20. The topological polar surface area (TPSA) is 108 Å². The van der Waals surface area contributed by atoms with Crippen LogP contribution in [0, 0.1) is 25.2 Å². The molecular weight excluding hydrogens is 354 g/mol. The minimum atomic E-state index is -3.93. The summed E-state index contributed by atoms with van der Waals surface area (Å²) in [5.41, 5.74) is 2.50. The molecule has 2 N–H and O–H groups in total. The Balaban J connectivity index is 2.12. The zero-order valence-corrected chi connectivity index (χ0v) is 15.5. The number of carbonyl (C=O) groups is 1. The summed E-state index contributed by atoms with van der Waals surface area (Å²) in [6, 6.07) is 11.4. The minimum absolute atomic E-state index is 0.0256. The summed E-state index contributed by atoms with van der Waals surface area (Å²) < 4.78 is 32.4. The fraction of sp³-hybridized carbons (Fsp3) is 0.222. The van der Waals surface area contributed by atoms with E-state index in [2.05, 4.69) is 10.0 Å². The molecule has 0 aliphatic heterocycles. The summed E-state index contributed by atoms with van der Waals surface area (Å²) in [5, 5.41) is 11.4. The maximum atomic E-state index is 12.5. The molecule has 2 rings (SSSR count). The molecule has 136 valence electrons. The maximum absolute atomic E-state index is 12.5. The molecule has 0 spiro atoms. The number of nitriles is 1. The Bertz CT molecular complexity index is 978. The van der Waals surface area contributed by atoms with Crippen LogP contribution in [0.5, 0.6) is 5.75 Å². The summed E-state index contributed by atoms with van der Waals surface area (Å²) in [5.74, 6) is -0.339. The second-order valence-corrected chi connectivity index (χ2v) is 7.39. The summed E-state index contributed by atoms with van der Waals surface area (Å²) in [4.78, 5) is 12.0. The molecule has 0 atom stereocenters. The number of nitrogens with zero attached hydrogens (tertiary/aromatic N) is 1. The third kappa shape index (κ3) is 4.59. The first-order chi connectivity index (χ1) is 12.3. The van der Waals surface area contributed by atoms with Gasteiger partial charge in [0, 0.05) is 5.69 Å². The third-order valence-corrected chi connectivity index (χ3v) is 5.19. The highest BCUT2D eigenvalue weighted by atomic mass is 32.2. The van der Waals surface area contributed by atoms with Crippen molar-refractivity contribution in [2.45, 2.75) is 18.7 Å². The number of nitrogens with one attached hydrogen (secondary N) is 2. The van der Waals surface area contributed by atoms with Crippen molar-refractivity contribution in [3.8, 4) is 11.8 Å². The molecule has 0 bridgehead atoms. The Morgan fingerprint density at radius 2 is 1.88 bits per heavy atom. The van der Waals surface area contributed by atoms with Crippen molar-refractivity contribution in [1.82, 2.24) is 4.72 Å². The van der Waals surface area contributed by atoms with Crippen molar-refractivity contribution in [2.24, 2.45) is 0 Å². The van der Waals surface area contributed by atoms with Gasteiger partial charge in [-0.15, -0.1) is 0 Å². The summed E-state index contributed by atoms with van der Waals surface area (Å²) in [6.07, 6.45) is 0. The van der Waals surface area contributed by atoms with Crippen molar-refractivity contribution in [2.75, 3.05) is 19.0 Å². The van der Waals surface area contributed by atoms with Gasteiger partial charge in [-0.2, -0.15) is 5.26 Å². The van der Waals surface area contributed by atoms with Gasteiger partial charge in [-0.05, 0) is 55.3 Å². The number of hydrogen-bond acceptors (Lipinski definition) is 5. The number of ether oxygens (including phenoxy) is 1. The highest BCUT2D eigenvalue weighted by molar-refractivity contribution is 7.89. The summed E-state index contributed by atoms with van der Waals surface area (Å²) in [7, 11) is -2.54. The molecule has 2 aromatic carbocycles. The Kier molecular flexibility index (Phi) is 5.97. The molecular formula is C18H19N3O4S. The normalized spacial score (nSPS) is 10.8. The van der Waals surface area contributed by atoms with E-state index >= 15 is 0 Å². The predicted molar refractivity (Wildman–Crippen MR) is 97.4 cm³/mol. The van der Waals surface area contributed by atoms with Gasteiger partial charge in [-0.3, -0.25) is 4.79 Å². The number of hydrogen-bond donors (Lipinski definition) is 2. The van der Waals surface area contributed by atoms with Gasteiger partial charge in [0.1, 0.15) is 10.6 Å². The van der Waals surface area contributed by atoms with Gasteiger partial charge < -0.3 is 10.1 Å². The van der Waals surface area contributed by atoms with E-state index in [0.717, 1.165) is 11.1 Å². The number of rotatable bonds is 6. The second-order valence-electron chi connectivity index (χ2n) is 5.65. The van der Waals surface area contributed by atoms with Crippen molar-refractivity contribution in [3.05, 3.63) is 53.1 Å². The lowest BCUT2D eigenvalue weighted by molar-refractivity contribution is -0.115. The van der Waals surface area contributed by atoms with Gasteiger partial charge >= 0.3 is 0 Å². The van der Waals surface area contributed by atoms with Crippen LogP contribution in [0.15, 0.2) is 41.3 Å². The van der Waals surface area contributed by atoms with Crippen molar-refractivity contribution in [1.29, 1.82) is 5.26 Å². The summed E-state index contributed by atoms with van der Waals surface area (Å²) >= 11 is 0. The molecule has 0 saturated carbocycles. The Morgan fingerprint density at radius 1 is 1.19 bits per heavy atom. The van der Waals surface area contributed by atoms with E-state index in [9.17, 15) is 13.2 Å². The van der Waals surface area contributed by atoms with Crippen LogP contribution in [-0.2, 0) is 14.8 Å². The van der Waals surface area contributed by atoms with E-state index in [1.165, 1.54) is 19.2 Å². The largest absolute Gasteiger partial charge is 0.495 e. The van der Waals surface area contributed by atoms with E-state index in [4.69, 9.17) is 10.00 Å². The Morgan fingerprint density at radius 3 is 2.54 bits per heavy atom. The van der Waals surface area contributed by atoms with Crippen LogP contribution in [-0.4, -0.2) is 28.0 Å². The van der Waals surface area contributed by atoms with E-state index in [1.54, 1.807) is 31.2 Å². The van der Waals surface area contributed by atoms with Gasteiger partial charge in [0.2, 0.25) is 15.9 Å². The molecule has 0 heterocycles. The highest BCUT2D eigenvalue weighted by Gasteiger charge is 2.21. The maximum Gasteiger partial charge on any atom is 0.244 e. The number of sulfonamides is 1. The molecule has 0 unspecified atom stereocenters. The molecule has 1 amide bonds. The van der Waals surface area contributed by atoms with Crippen LogP contribution in [0.3, 0.4) is 0 Å². The molecule has 26 heavy (non-hydrogen) atoms. The Labute approximate surface area is 152 Å². The van der Waals surface area contributed by atoms with E-state index < -0.39 is 22.5 Å². The zero-order valence-electron chi connectivity index (χ0n) is 14.7. The highest BCUT2D eigenvalue weighted by Crippen LogP contribution is 2.27. The molecule has 7 nitrogen and oxygen atoms in total. The molecule has 0 aromatic heterocycles. The van der Waals surface area contributed by atoms with Crippen molar-refractivity contribution < 1.29 is 17.9 Å². The average Bonchev–Trinajstić information content (AvgIpc) is 2.62. The molecule has 0 fully saturated rings. The molecule has 0 aliphatic carbocycles. The lowest BCUT2D eigenvalue weighted by Crippen LogP contribution is -2.33. The quantitative estimate of drug-likeness (QED) is 0.806. The number of benzene rings is 2. The fourth-order valence-electron chi connectivity index (χ4n) is 2.24. The fourth-order valence-corrected chi connectivity index (χ4v) is 3.46. The molecule has 0 aliphatic rings. The first kappa shape index (κ1) is 19.4. The van der Waals surface area contributed by atoms with Crippen LogP contribution in [0.4, 0.5) is 5.69 Å². The molecule has 0 saturated heterocycles. The molecule has 2 aromatic rings. The van der Waals surface area contributed by atoms with Gasteiger partial charge in [-0.25, -0.2) is 13.1 Å². The number of methoxy groups -OCH3 is 1. The molecule has 8 heteroatoms. The van der Waals surface area contributed by atoms with Crippen LogP contribution in [0.1, 0.15) is 16.7 Å². The number of carbonyl (C=O) groups excluding carboxylic acids is 1. The van der Waals surface area contributed by atoms with Crippen LogP contribution >= 0.6 is 0 Å². The van der Waals surface area contributed by atoms with Gasteiger partial charge in [-0.1, -0.05) is 6.07 Å². The van der Waals surface area contributed by atoms with Gasteiger partial charge in [0.15, 0.2) is 0 Å². The van der Waals surface area contributed by atoms with Crippen molar-refractivity contribution in [3.63, 3.8) is 0 Å². The number of anilines is 1. The SMILES string of the molecule is COc1cc(C)c(C)cc1S(=O)(=O)NCC(=O)Nc1cccc(C#N)c1. The van der Waals surface area contributed by atoms with Gasteiger partial charge in [0.05, 0.1) is 25.3 Å². The zero-order chi connectivity index (χ0) is 19.3. The van der Waals surface area contributed by atoms with E-state index in [1.807, 2.05) is 13.0 Å².